The van der Waals surface area contributed by atoms with Crippen molar-refractivity contribution in [1.29, 1.82) is 0 Å². The third-order valence-electron chi connectivity index (χ3n) is 1.99. The van der Waals surface area contributed by atoms with Crippen LogP contribution in [0.3, 0.4) is 0 Å². The van der Waals surface area contributed by atoms with Gasteiger partial charge in [0, 0.05) is 17.3 Å². The van der Waals surface area contributed by atoms with Gasteiger partial charge in [0.15, 0.2) is 0 Å². The largest absolute Gasteiger partial charge is 0.399 e. The van der Waals surface area contributed by atoms with E-state index in [-0.39, 0.29) is 22.8 Å². The van der Waals surface area contributed by atoms with Crippen LogP contribution in [0.2, 0.25) is 0 Å². The van der Waals surface area contributed by atoms with Crippen molar-refractivity contribution in [2.45, 2.75) is 11.8 Å². The number of nitrogens with one attached hydrogen (secondary N) is 1. The van der Waals surface area contributed by atoms with E-state index in [4.69, 9.17) is 17.3 Å². The number of hydrogen-bond acceptors (Lipinski definition) is 3. The third kappa shape index (κ3) is 3.42. The average Bonchev–Trinajstić information content (AvgIpc) is 2.20. The smallest absolute Gasteiger partial charge is 0.243 e. The summed E-state index contributed by atoms with van der Waals surface area (Å²) in [5.41, 5.74) is 5.82. The van der Waals surface area contributed by atoms with Crippen LogP contribution in [0, 0.1) is 12.7 Å². The summed E-state index contributed by atoms with van der Waals surface area (Å²) in [5.74, 6) is -0.827. The first-order valence-electron chi connectivity index (χ1n) is 4.62. The summed E-state index contributed by atoms with van der Waals surface area (Å²) >= 11 is 5.43. The Morgan fingerprint density at radius 3 is 2.71 bits per heavy atom. The van der Waals surface area contributed by atoms with Gasteiger partial charge < -0.3 is 5.73 Å². The Hall–Kier alpha value is -1.11. The number of aryl methyl sites for hydroxylation is 1. The minimum absolute atomic E-state index is 0.106. The van der Waals surface area contributed by atoms with E-state index in [0.29, 0.717) is 0 Å². The molecule has 0 unspecified atom stereocenters. The second kappa shape index (κ2) is 5.03. The molecular weight excluding hydrogens is 267 g/mol. The standard InChI is InChI=1S/C10H12ClFN2O2S/c1-6-3-8(13)4-9(10(6)12)17(15,16)14-5-7(2)11/h3-4,14H,2,5,13H2,1H3. The van der Waals surface area contributed by atoms with E-state index in [9.17, 15) is 12.8 Å². The predicted molar refractivity (Wildman–Crippen MR) is 65.7 cm³/mol. The third-order valence-corrected chi connectivity index (χ3v) is 3.52. The number of halogens is 2. The van der Waals surface area contributed by atoms with Crippen molar-refractivity contribution in [1.82, 2.24) is 4.72 Å². The molecule has 0 saturated heterocycles. The average molecular weight is 279 g/mol. The molecule has 0 atom stereocenters. The number of rotatable bonds is 4. The van der Waals surface area contributed by atoms with Crippen molar-refractivity contribution < 1.29 is 12.8 Å². The molecule has 0 bridgehead atoms. The van der Waals surface area contributed by atoms with Gasteiger partial charge in [-0.2, -0.15) is 0 Å². The molecule has 3 N–H and O–H groups in total. The Labute approximate surface area is 104 Å². The second-order valence-corrected chi connectivity index (χ2v) is 5.76. The summed E-state index contributed by atoms with van der Waals surface area (Å²) in [6, 6.07) is 2.41. The maximum Gasteiger partial charge on any atom is 0.243 e. The van der Waals surface area contributed by atoms with Gasteiger partial charge in [0.25, 0.3) is 0 Å². The van der Waals surface area contributed by atoms with E-state index in [1.165, 1.54) is 13.0 Å². The number of hydrogen-bond donors (Lipinski definition) is 2. The normalized spacial score (nSPS) is 11.5. The zero-order valence-electron chi connectivity index (χ0n) is 9.13. The molecule has 4 nitrogen and oxygen atoms in total. The molecule has 0 saturated carbocycles. The fourth-order valence-corrected chi connectivity index (χ4v) is 2.56. The Morgan fingerprint density at radius 1 is 1.59 bits per heavy atom. The van der Waals surface area contributed by atoms with Crippen LogP contribution >= 0.6 is 11.6 Å². The van der Waals surface area contributed by atoms with Crippen LogP contribution in [0.5, 0.6) is 0 Å². The quantitative estimate of drug-likeness (QED) is 0.824. The molecule has 1 aromatic rings. The molecule has 0 heterocycles. The highest BCUT2D eigenvalue weighted by atomic mass is 35.5. The number of nitrogen functional groups attached to an aromatic ring is 1. The van der Waals surface area contributed by atoms with Gasteiger partial charge in [-0.3, -0.25) is 0 Å². The SMILES string of the molecule is C=C(Cl)CNS(=O)(=O)c1cc(N)cc(C)c1F. The van der Waals surface area contributed by atoms with E-state index in [2.05, 4.69) is 11.3 Å². The van der Waals surface area contributed by atoms with E-state index in [0.717, 1.165) is 6.07 Å². The molecule has 0 aliphatic carbocycles. The highest BCUT2D eigenvalue weighted by Gasteiger charge is 2.20. The van der Waals surface area contributed by atoms with Crippen molar-refractivity contribution in [3.8, 4) is 0 Å². The summed E-state index contributed by atoms with van der Waals surface area (Å²) in [5, 5.41) is 0.106. The van der Waals surface area contributed by atoms with E-state index in [1.54, 1.807) is 0 Å². The van der Waals surface area contributed by atoms with Gasteiger partial charge in [-0.15, -0.1) is 0 Å². The summed E-state index contributed by atoms with van der Waals surface area (Å²) in [6.07, 6.45) is 0. The molecule has 0 aliphatic rings. The lowest BCUT2D eigenvalue weighted by Crippen LogP contribution is -2.26. The van der Waals surface area contributed by atoms with Crippen molar-refractivity contribution >= 4 is 27.3 Å². The Balaban J connectivity index is 3.19. The molecule has 0 aromatic heterocycles. The van der Waals surface area contributed by atoms with Gasteiger partial charge in [-0.25, -0.2) is 17.5 Å². The number of sulfonamides is 1. The fourth-order valence-electron chi connectivity index (χ4n) is 1.21. The first-order chi connectivity index (χ1) is 7.74. The van der Waals surface area contributed by atoms with Crippen LogP contribution < -0.4 is 10.5 Å². The highest BCUT2D eigenvalue weighted by Crippen LogP contribution is 2.21. The molecule has 0 spiro atoms. The first-order valence-corrected chi connectivity index (χ1v) is 6.48. The molecule has 7 heteroatoms. The lowest BCUT2D eigenvalue weighted by atomic mass is 10.2. The Kier molecular flexibility index (Phi) is 4.13. The lowest BCUT2D eigenvalue weighted by molar-refractivity contribution is 0.555. The zero-order valence-corrected chi connectivity index (χ0v) is 10.7. The van der Waals surface area contributed by atoms with Gasteiger partial charge in [-0.1, -0.05) is 18.2 Å². The number of anilines is 1. The molecule has 0 aliphatic heterocycles. The fraction of sp³-hybridized carbons (Fsp3) is 0.200. The van der Waals surface area contributed by atoms with Gasteiger partial charge in [-0.05, 0) is 24.6 Å². The van der Waals surface area contributed by atoms with Crippen molar-refractivity contribution in [3.63, 3.8) is 0 Å². The summed E-state index contributed by atoms with van der Waals surface area (Å²) in [6.45, 7) is 4.60. The maximum atomic E-state index is 13.7. The molecule has 1 aromatic carbocycles. The summed E-state index contributed by atoms with van der Waals surface area (Å²) in [4.78, 5) is -0.493. The molecule has 1 rings (SSSR count). The maximum absolute atomic E-state index is 13.7. The van der Waals surface area contributed by atoms with Crippen LogP contribution in [0.1, 0.15) is 5.56 Å². The minimum Gasteiger partial charge on any atom is -0.399 e. The summed E-state index contributed by atoms with van der Waals surface area (Å²) < 4.78 is 39.3. The number of benzene rings is 1. The molecule has 94 valence electrons. The minimum atomic E-state index is -3.98. The van der Waals surface area contributed by atoms with Crippen molar-refractivity contribution in [3.05, 3.63) is 35.1 Å². The first kappa shape index (κ1) is 14.0. The molecule has 17 heavy (non-hydrogen) atoms. The van der Waals surface area contributed by atoms with Gasteiger partial charge in [0.1, 0.15) is 10.7 Å². The van der Waals surface area contributed by atoms with Crippen molar-refractivity contribution in [2.75, 3.05) is 12.3 Å². The summed E-state index contributed by atoms with van der Waals surface area (Å²) in [7, 11) is -3.98. The van der Waals surface area contributed by atoms with Crippen LogP contribution in [0.4, 0.5) is 10.1 Å². The zero-order chi connectivity index (χ0) is 13.2. The highest BCUT2D eigenvalue weighted by molar-refractivity contribution is 7.89. The Morgan fingerprint density at radius 2 is 2.18 bits per heavy atom. The van der Waals surface area contributed by atoms with E-state index < -0.39 is 20.7 Å². The second-order valence-electron chi connectivity index (χ2n) is 3.49. The molecule has 0 radical (unpaired) electrons. The lowest BCUT2D eigenvalue weighted by Gasteiger charge is -2.09. The van der Waals surface area contributed by atoms with Gasteiger partial charge >= 0.3 is 0 Å². The van der Waals surface area contributed by atoms with Crippen LogP contribution in [-0.2, 0) is 10.0 Å². The van der Waals surface area contributed by atoms with Crippen LogP contribution in [-0.4, -0.2) is 15.0 Å². The topological polar surface area (TPSA) is 72.2 Å². The van der Waals surface area contributed by atoms with E-state index >= 15 is 0 Å². The van der Waals surface area contributed by atoms with Crippen molar-refractivity contribution in [2.24, 2.45) is 0 Å². The predicted octanol–water partition coefficient (Wildman–Crippen LogP) is 1.75. The van der Waals surface area contributed by atoms with Crippen LogP contribution in [0.15, 0.2) is 28.6 Å². The molecule has 0 fully saturated rings. The van der Waals surface area contributed by atoms with E-state index in [1.807, 2.05) is 0 Å². The molecule has 0 amide bonds. The van der Waals surface area contributed by atoms with Gasteiger partial charge in [0.05, 0.1) is 0 Å². The van der Waals surface area contributed by atoms with Crippen LogP contribution in [0.25, 0.3) is 0 Å². The molecular formula is C10H12ClFN2O2S. The monoisotopic (exact) mass is 278 g/mol. The number of nitrogens with two attached hydrogens (primary N) is 1. The Bertz CT molecular complexity index is 558. The van der Waals surface area contributed by atoms with Gasteiger partial charge in [0.2, 0.25) is 10.0 Å².